The number of hydrogen-bond acceptors (Lipinski definition) is 2. The van der Waals surface area contributed by atoms with Crippen LogP contribution >= 0.6 is 15.9 Å². The number of nitrogen functional groups attached to an aromatic ring is 1. The van der Waals surface area contributed by atoms with Crippen LogP contribution in [0.1, 0.15) is 5.56 Å². The van der Waals surface area contributed by atoms with E-state index in [1.165, 1.54) is 6.20 Å². The first-order chi connectivity index (χ1) is 8.38. The highest BCUT2D eigenvalue weighted by Gasteiger charge is 2.34. The fourth-order valence-electron chi connectivity index (χ4n) is 1.50. The molecule has 6 heteroatoms. The first-order valence-corrected chi connectivity index (χ1v) is 5.76. The van der Waals surface area contributed by atoms with Crippen molar-refractivity contribution >= 4 is 21.7 Å². The lowest BCUT2D eigenvalue weighted by molar-refractivity contribution is -0.137. The second-order valence-corrected chi connectivity index (χ2v) is 4.58. The van der Waals surface area contributed by atoms with Crippen LogP contribution in [0.4, 0.5) is 19.0 Å². The molecule has 94 valence electrons. The van der Waals surface area contributed by atoms with Crippen molar-refractivity contribution in [2.24, 2.45) is 0 Å². The first-order valence-electron chi connectivity index (χ1n) is 4.96. The quantitative estimate of drug-likeness (QED) is 0.859. The second-order valence-electron chi connectivity index (χ2n) is 3.66. The largest absolute Gasteiger partial charge is 0.419 e. The predicted octanol–water partition coefficient (Wildman–Crippen LogP) is 4.11. The highest BCUT2D eigenvalue weighted by Crippen LogP contribution is 2.35. The predicted molar refractivity (Wildman–Crippen MR) is 66.8 cm³/mol. The van der Waals surface area contributed by atoms with Gasteiger partial charge in [0, 0.05) is 16.2 Å². The molecule has 0 aliphatic heterocycles. The summed E-state index contributed by atoms with van der Waals surface area (Å²) >= 11 is 3.26. The van der Waals surface area contributed by atoms with Gasteiger partial charge in [0.25, 0.3) is 0 Å². The van der Waals surface area contributed by atoms with Crippen LogP contribution < -0.4 is 5.73 Å². The number of nitrogens with two attached hydrogens (primary N) is 1. The van der Waals surface area contributed by atoms with E-state index in [2.05, 4.69) is 20.9 Å². The molecule has 0 aliphatic rings. The average Bonchev–Trinajstić information content (AvgIpc) is 2.29. The summed E-state index contributed by atoms with van der Waals surface area (Å²) in [4.78, 5) is 3.59. The van der Waals surface area contributed by atoms with E-state index in [4.69, 9.17) is 5.73 Å². The third-order valence-corrected chi connectivity index (χ3v) is 2.93. The summed E-state index contributed by atoms with van der Waals surface area (Å²) in [5.74, 6) is -0.511. The second kappa shape index (κ2) is 4.61. The zero-order valence-corrected chi connectivity index (χ0v) is 10.6. The molecule has 0 amide bonds. The monoisotopic (exact) mass is 316 g/mol. The van der Waals surface area contributed by atoms with Crippen LogP contribution in [0.5, 0.6) is 0 Å². The van der Waals surface area contributed by atoms with E-state index < -0.39 is 17.6 Å². The number of rotatable bonds is 1. The van der Waals surface area contributed by atoms with Gasteiger partial charge in [-0.25, -0.2) is 4.98 Å². The van der Waals surface area contributed by atoms with E-state index in [-0.39, 0.29) is 0 Å². The molecule has 0 aliphatic carbocycles. The van der Waals surface area contributed by atoms with Crippen molar-refractivity contribution < 1.29 is 13.2 Å². The van der Waals surface area contributed by atoms with Crippen molar-refractivity contribution in [3.63, 3.8) is 0 Å². The molecule has 1 aromatic heterocycles. The maximum atomic E-state index is 12.7. The summed E-state index contributed by atoms with van der Waals surface area (Å²) in [6.07, 6.45) is -3.17. The topological polar surface area (TPSA) is 38.9 Å². The number of halogens is 4. The number of alkyl halides is 3. The van der Waals surface area contributed by atoms with Crippen molar-refractivity contribution in [3.05, 3.63) is 46.6 Å². The molecule has 2 N–H and O–H groups in total. The molecule has 0 unspecified atom stereocenters. The molecule has 0 fully saturated rings. The van der Waals surface area contributed by atoms with Crippen molar-refractivity contribution in [2.75, 3.05) is 5.73 Å². The van der Waals surface area contributed by atoms with Gasteiger partial charge in [-0.1, -0.05) is 28.1 Å². The lowest BCUT2D eigenvalue weighted by Crippen LogP contribution is -2.10. The van der Waals surface area contributed by atoms with E-state index in [0.29, 0.717) is 11.1 Å². The number of anilines is 1. The van der Waals surface area contributed by atoms with Crippen LogP contribution in [0.2, 0.25) is 0 Å². The Morgan fingerprint density at radius 1 is 1.06 bits per heavy atom. The van der Waals surface area contributed by atoms with Crippen molar-refractivity contribution in [3.8, 4) is 11.1 Å². The summed E-state index contributed by atoms with van der Waals surface area (Å²) in [6, 6.07) is 7.92. The summed E-state index contributed by atoms with van der Waals surface area (Å²) < 4.78 is 38.9. The number of benzene rings is 1. The third-order valence-electron chi connectivity index (χ3n) is 2.40. The van der Waals surface area contributed by atoms with Gasteiger partial charge in [0.2, 0.25) is 0 Å². The summed E-state index contributed by atoms with van der Waals surface area (Å²) in [7, 11) is 0. The van der Waals surface area contributed by atoms with E-state index in [1.54, 1.807) is 24.3 Å². The van der Waals surface area contributed by atoms with Gasteiger partial charge in [-0.15, -0.1) is 0 Å². The molecule has 0 radical (unpaired) electrons. The van der Waals surface area contributed by atoms with Crippen molar-refractivity contribution in [1.29, 1.82) is 0 Å². The van der Waals surface area contributed by atoms with Gasteiger partial charge in [-0.05, 0) is 23.8 Å². The number of pyridine rings is 1. The number of hydrogen-bond donors (Lipinski definition) is 1. The smallest absolute Gasteiger partial charge is 0.383 e. The van der Waals surface area contributed by atoms with Crippen LogP contribution in [-0.2, 0) is 6.18 Å². The van der Waals surface area contributed by atoms with Gasteiger partial charge in [0.1, 0.15) is 5.82 Å². The molecular weight excluding hydrogens is 309 g/mol. The van der Waals surface area contributed by atoms with Gasteiger partial charge in [-0.2, -0.15) is 13.2 Å². The van der Waals surface area contributed by atoms with Crippen LogP contribution in [0.15, 0.2) is 41.0 Å². The van der Waals surface area contributed by atoms with Crippen LogP contribution in [0, 0.1) is 0 Å². The van der Waals surface area contributed by atoms with Gasteiger partial charge in [-0.3, -0.25) is 0 Å². The Morgan fingerprint density at radius 2 is 1.67 bits per heavy atom. The average molecular weight is 317 g/mol. The molecule has 0 bridgehead atoms. The normalized spacial score (nSPS) is 11.6. The zero-order chi connectivity index (χ0) is 13.3. The molecule has 0 saturated carbocycles. The van der Waals surface area contributed by atoms with Gasteiger partial charge < -0.3 is 5.73 Å². The van der Waals surface area contributed by atoms with Crippen LogP contribution in [0.3, 0.4) is 0 Å². The van der Waals surface area contributed by atoms with Crippen LogP contribution in [-0.4, -0.2) is 4.98 Å². The molecular formula is C12H8BrF3N2. The Labute approximate surface area is 110 Å². The Kier molecular flexibility index (Phi) is 3.30. The molecule has 0 spiro atoms. The Hall–Kier alpha value is -1.56. The Morgan fingerprint density at radius 3 is 2.22 bits per heavy atom. The minimum atomic E-state index is -4.50. The first kappa shape index (κ1) is 12.9. The van der Waals surface area contributed by atoms with E-state index in [9.17, 15) is 13.2 Å². The van der Waals surface area contributed by atoms with Gasteiger partial charge in [0.15, 0.2) is 0 Å². The van der Waals surface area contributed by atoms with Gasteiger partial charge in [0.05, 0.1) is 5.56 Å². The van der Waals surface area contributed by atoms with Crippen molar-refractivity contribution in [2.45, 2.75) is 6.18 Å². The zero-order valence-electron chi connectivity index (χ0n) is 9.00. The molecule has 0 atom stereocenters. The summed E-state index contributed by atoms with van der Waals surface area (Å²) in [6.45, 7) is 0. The van der Waals surface area contributed by atoms with E-state index >= 15 is 0 Å². The fraction of sp³-hybridized carbons (Fsp3) is 0.0833. The fourth-order valence-corrected chi connectivity index (χ4v) is 1.77. The third kappa shape index (κ3) is 2.64. The lowest BCUT2D eigenvalue weighted by atomic mass is 10.1. The molecule has 1 heterocycles. The molecule has 2 nitrogen and oxygen atoms in total. The molecule has 18 heavy (non-hydrogen) atoms. The maximum absolute atomic E-state index is 12.7. The van der Waals surface area contributed by atoms with E-state index in [1.807, 2.05) is 0 Å². The number of aromatic nitrogens is 1. The minimum absolute atomic E-state index is 0.379. The Balaban J connectivity index is 2.50. The molecule has 1 aromatic carbocycles. The lowest BCUT2D eigenvalue weighted by Gasteiger charge is -2.11. The van der Waals surface area contributed by atoms with E-state index in [0.717, 1.165) is 10.5 Å². The van der Waals surface area contributed by atoms with Crippen LogP contribution in [0.25, 0.3) is 11.1 Å². The standard InChI is InChI=1S/C12H8BrF3N2/c13-9-3-1-7(2-4-9)8-5-10(12(14,15)16)11(17)18-6-8/h1-6H,(H2,17,18). The summed E-state index contributed by atoms with van der Waals surface area (Å²) in [5.41, 5.74) is 5.35. The molecule has 2 aromatic rings. The van der Waals surface area contributed by atoms with Gasteiger partial charge >= 0.3 is 6.18 Å². The SMILES string of the molecule is Nc1ncc(-c2ccc(Br)cc2)cc1C(F)(F)F. The maximum Gasteiger partial charge on any atom is 0.419 e. The van der Waals surface area contributed by atoms with Crippen molar-refractivity contribution in [1.82, 2.24) is 4.98 Å². The molecule has 2 rings (SSSR count). The highest BCUT2D eigenvalue weighted by molar-refractivity contribution is 9.10. The Bertz CT molecular complexity index is 565. The minimum Gasteiger partial charge on any atom is -0.383 e. The summed E-state index contributed by atoms with van der Waals surface area (Å²) in [5, 5.41) is 0. The number of nitrogens with zero attached hydrogens (tertiary/aromatic N) is 1. The molecule has 0 saturated heterocycles. The highest BCUT2D eigenvalue weighted by atomic mass is 79.9.